The van der Waals surface area contributed by atoms with E-state index < -0.39 is 5.41 Å². The molecule has 0 aliphatic heterocycles. The Balaban J connectivity index is 2.45. The van der Waals surface area contributed by atoms with Crippen LogP contribution in [-0.4, -0.2) is 19.6 Å². The third-order valence-corrected chi connectivity index (χ3v) is 3.39. The van der Waals surface area contributed by atoms with E-state index in [1.54, 1.807) is 21.0 Å². The predicted octanol–water partition coefficient (Wildman–Crippen LogP) is 2.85. The predicted molar refractivity (Wildman–Crippen MR) is 78.4 cm³/mol. The van der Waals surface area contributed by atoms with Gasteiger partial charge in [-0.25, -0.2) is 0 Å². The van der Waals surface area contributed by atoms with Crippen LogP contribution in [0.25, 0.3) is 0 Å². The molecule has 1 rings (SSSR count). The highest BCUT2D eigenvalue weighted by Crippen LogP contribution is 2.21. The fraction of sp³-hybridized carbons (Fsp3) is 0.500. The number of nitrogens with zero attached hydrogens (tertiary/aromatic N) is 1. The van der Waals surface area contributed by atoms with E-state index in [2.05, 4.69) is 12.2 Å². The minimum atomic E-state index is -0.969. The highest BCUT2D eigenvalue weighted by atomic mass is 16.5. The van der Waals surface area contributed by atoms with Crippen molar-refractivity contribution < 1.29 is 9.53 Å². The van der Waals surface area contributed by atoms with Gasteiger partial charge in [-0.15, -0.1) is 0 Å². The van der Waals surface area contributed by atoms with Gasteiger partial charge in [0.15, 0.2) is 0 Å². The Bertz CT molecular complexity index is 486. The summed E-state index contributed by atoms with van der Waals surface area (Å²) in [6.45, 7) is 5.92. The first-order valence-electron chi connectivity index (χ1n) is 6.74. The monoisotopic (exact) mass is 274 g/mol. The lowest BCUT2D eigenvalue weighted by molar-refractivity contribution is -0.126. The molecule has 1 atom stereocenters. The molecule has 1 aromatic rings. The van der Waals surface area contributed by atoms with Gasteiger partial charge in [-0.3, -0.25) is 4.79 Å². The van der Waals surface area contributed by atoms with Crippen molar-refractivity contribution in [3.05, 3.63) is 29.8 Å². The van der Waals surface area contributed by atoms with Crippen molar-refractivity contribution >= 4 is 5.91 Å². The molecule has 0 aliphatic carbocycles. The molecule has 4 heteroatoms. The Morgan fingerprint density at radius 2 is 2.00 bits per heavy atom. The van der Waals surface area contributed by atoms with Crippen molar-refractivity contribution in [2.45, 2.75) is 33.1 Å². The van der Waals surface area contributed by atoms with E-state index in [0.29, 0.717) is 12.5 Å². The van der Waals surface area contributed by atoms with Crippen LogP contribution in [0.3, 0.4) is 0 Å². The lowest BCUT2D eigenvalue weighted by atomic mass is 9.94. The summed E-state index contributed by atoms with van der Waals surface area (Å²) in [5, 5.41) is 11.7. The molecule has 1 amide bonds. The summed E-state index contributed by atoms with van der Waals surface area (Å²) < 4.78 is 5.12. The number of hydrogen-bond donors (Lipinski definition) is 1. The van der Waals surface area contributed by atoms with E-state index in [1.165, 1.54) is 5.56 Å². The smallest absolute Gasteiger partial charge is 0.239 e. The van der Waals surface area contributed by atoms with Gasteiger partial charge in [-0.2, -0.15) is 5.26 Å². The Labute approximate surface area is 120 Å². The molecule has 0 saturated carbocycles. The summed E-state index contributed by atoms with van der Waals surface area (Å²) in [5.41, 5.74) is 0.239. The number of hydrogen-bond acceptors (Lipinski definition) is 3. The zero-order valence-electron chi connectivity index (χ0n) is 12.6. The van der Waals surface area contributed by atoms with Gasteiger partial charge in [0.05, 0.1) is 13.2 Å². The Hall–Kier alpha value is -2.02. The SMILES string of the molecule is COc1ccc([C@@H](C)CCNC(=O)C(C)(C)C#N)cc1. The average molecular weight is 274 g/mol. The van der Waals surface area contributed by atoms with Gasteiger partial charge in [0, 0.05) is 6.54 Å². The normalized spacial score (nSPS) is 12.3. The van der Waals surface area contributed by atoms with Crippen LogP contribution in [0.15, 0.2) is 24.3 Å². The lowest BCUT2D eigenvalue weighted by Gasteiger charge is -2.17. The number of nitrogens with one attached hydrogen (secondary N) is 1. The number of carbonyl (C=O) groups is 1. The summed E-state index contributed by atoms with van der Waals surface area (Å²) in [5.74, 6) is 0.957. The van der Waals surface area contributed by atoms with E-state index in [-0.39, 0.29) is 5.91 Å². The first-order valence-corrected chi connectivity index (χ1v) is 6.74. The van der Waals surface area contributed by atoms with Crippen LogP contribution in [0.2, 0.25) is 0 Å². The summed E-state index contributed by atoms with van der Waals surface area (Å²) in [4.78, 5) is 11.7. The molecular formula is C16H22N2O2. The van der Waals surface area contributed by atoms with Crippen LogP contribution in [-0.2, 0) is 4.79 Å². The van der Waals surface area contributed by atoms with Gasteiger partial charge in [0.1, 0.15) is 11.2 Å². The minimum Gasteiger partial charge on any atom is -0.497 e. The minimum absolute atomic E-state index is 0.220. The van der Waals surface area contributed by atoms with Gasteiger partial charge in [0.2, 0.25) is 5.91 Å². The molecule has 0 fully saturated rings. The number of amides is 1. The van der Waals surface area contributed by atoms with Crippen LogP contribution in [0, 0.1) is 16.7 Å². The van der Waals surface area contributed by atoms with E-state index in [0.717, 1.165) is 12.2 Å². The molecule has 0 bridgehead atoms. The topological polar surface area (TPSA) is 62.1 Å². The molecule has 0 aliphatic rings. The van der Waals surface area contributed by atoms with Crippen molar-refractivity contribution in [3.63, 3.8) is 0 Å². The van der Waals surface area contributed by atoms with Gasteiger partial charge < -0.3 is 10.1 Å². The van der Waals surface area contributed by atoms with Crippen LogP contribution >= 0.6 is 0 Å². The fourth-order valence-corrected chi connectivity index (χ4v) is 1.77. The second kappa shape index (κ2) is 6.95. The number of carbonyl (C=O) groups excluding carboxylic acids is 1. The van der Waals surface area contributed by atoms with Gasteiger partial charge >= 0.3 is 0 Å². The lowest BCUT2D eigenvalue weighted by Crippen LogP contribution is -2.36. The molecule has 4 nitrogen and oxygen atoms in total. The highest BCUT2D eigenvalue weighted by molar-refractivity contribution is 5.84. The van der Waals surface area contributed by atoms with E-state index >= 15 is 0 Å². The Morgan fingerprint density at radius 3 is 2.50 bits per heavy atom. The number of nitriles is 1. The number of ether oxygens (including phenoxy) is 1. The van der Waals surface area contributed by atoms with Crippen LogP contribution in [0.5, 0.6) is 5.75 Å². The summed E-state index contributed by atoms with van der Waals surface area (Å²) in [6, 6.07) is 9.93. The molecule has 1 aromatic carbocycles. The molecule has 0 aromatic heterocycles. The van der Waals surface area contributed by atoms with E-state index in [4.69, 9.17) is 10.00 Å². The number of methoxy groups -OCH3 is 1. The molecule has 108 valence electrons. The third kappa shape index (κ3) is 4.27. The molecular weight excluding hydrogens is 252 g/mol. The maximum absolute atomic E-state index is 11.7. The van der Waals surface area contributed by atoms with Gasteiger partial charge in [-0.05, 0) is 43.9 Å². The molecule has 0 unspecified atom stereocenters. The van der Waals surface area contributed by atoms with Crippen molar-refractivity contribution in [2.75, 3.05) is 13.7 Å². The standard InChI is InChI=1S/C16H22N2O2/c1-12(13-5-7-14(20-4)8-6-13)9-10-18-15(19)16(2,3)11-17/h5-8,12H,9-10H2,1-4H3,(H,18,19)/t12-/m0/s1. The maximum atomic E-state index is 11.7. The van der Waals surface area contributed by atoms with Crippen LogP contribution in [0.4, 0.5) is 0 Å². The molecule has 0 spiro atoms. The van der Waals surface area contributed by atoms with Gasteiger partial charge in [-0.1, -0.05) is 19.1 Å². The summed E-state index contributed by atoms with van der Waals surface area (Å²) in [6.07, 6.45) is 0.833. The first kappa shape index (κ1) is 16.0. The van der Waals surface area contributed by atoms with Crippen molar-refractivity contribution in [2.24, 2.45) is 5.41 Å². The Morgan fingerprint density at radius 1 is 1.40 bits per heavy atom. The van der Waals surface area contributed by atoms with E-state index in [9.17, 15) is 4.79 Å². The Kier molecular flexibility index (Phi) is 5.57. The molecule has 0 saturated heterocycles. The molecule has 0 radical (unpaired) electrons. The number of rotatable bonds is 6. The summed E-state index contributed by atoms with van der Waals surface area (Å²) in [7, 11) is 1.64. The zero-order valence-corrected chi connectivity index (χ0v) is 12.6. The zero-order chi connectivity index (χ0) is 15.2. The van der Waals surface area contributed by atoms with Crippen molar-refractivity contribution in [1.82, 2.24) is 5.32 Å². The molecule has 0 heterocycles. The largest absolute Gasteiger partial charge is 0.497 e. The molecule has 20 heavy (non-hydrogen) atoms. The average Bonchev–Trinajstić information content (AvgIpc) is 2.47. The van der Waals surface area contributed by atoms with Gasteiger partial charge in [0.25, 0.3) is 0 Å². The summed E-state index contributed by atoms with van der Waals surface area (Å²) >= 11 is 0. The van der Waals surface area contributed by atoms with E-state index in [1.807, 2.05) is 30.3 Å². The fourth-order valence-electron chi connectivity index (χ4n) is 1.77. The molecule has 1 N–H and O–H groups in total. The first-order chi connectivity index (χ1) is 9.40. The highest BCUT2D eigenvalue weighted by Gasteiger charge is 2.26. The van der Waals surface area contributed by atoms with Crippen molar-refractivity contribution in [3.8, 4) is 11.8 Å². The second-order valence-electron chi connectivity index (χ2n) is 5.46. The third-order valence-electron chi connectivity index (χ3n) is 3.39. The maximum Gasteiger partial charge on any atom is 0.239 e. The number of benzene rings is 1. The van der Waals surface area contributed by atoms with Crippen LogP contribution < -0.4 is 10.1 Å². The van der Waals surface area contributed by atoms with Crippen molar-refractivity contribution in [1.29, 1.82) is 5.26 Å². The quantitative estimate of drug-likeness (QED) is 0.867. The second-order valence-corrected chi connectivity index (χ2v) is 5.46. The van der Waals surface area contributed by atoms with Crippen LogP contribution in [0.1, 0.15) is 38.7 Å².